The number of benzene rings is 1. The van der Waals surface area contributed by atoms with Crippen LogP contribution in [0, 0.1) is 0 Å². The molecular weight excluding hydrogens is 392 g/mol. The van der Waals surface area contributed by atoms with Crippen LogP contribution in [0.3, 0.4) is 0 Å². The van der Waals surface area contributed by atoms with Crippen molar-refractivity contribution in [1.82, 2.24) is 10.6 Å². The van der Waals surface area contributed by atoms with Crippen molar-refractivity contribution < 1.29 is 27.5 Å². The summed E-state index contributed by atoms with van der Waals surface area (Å²) < 4.78 is 28.2. The van der Waals surface area contributed by atoms with Crippen molar-refractivity contribution in [3.63, 3.8) is 0 Å². The van der Waals surface area contributed by atoms with Crippen LogP contribution in [0.2, 0.25) is 0 Å². The highest BCUT2D eigenvalue weighted by molar-refractivity contribution is 8.02. The van der Waals surface area contributed by atoms with Crippen LogP contribution in [-0.4, -0.2) is 55.7 Å². The van der Waals surface area contributed by atoms with Crippen LogP contribution >= 0.6 is 11.8 Å². The highest BCUT2D eigenvalue weighted by atomic mass is 32.2. The molecule has 0 saturated carbocycles. The van der Waals surface area contributed by atoms with Crippen LogP contribution in [0.4, 0.5) is 4.79 Å². The zero-order valence-electron chi connectivity index (χ0n) is 15.1. The molecular formula is C17H22N2O6S2. The monoisotopic (exact) mass is 414 g/mol. The van der Waals surface area contributed by atoms with Gasteiger partial charge in [-0.15, -0.1) is 11.8 Å². The predicted molar refractivity (Wildman–Crippen MR) is 101 cm³/mol. The normalized spacial score (nSPS) is 18.1. The molecule has 1 aromatic rings. The van der Waals surface area contributed by atoms with E-state index in [1.165, 1.54) is 11.8 Å². The third-order valence-electron chi connectivity index (χ3n) is 3.60. The summed E-state index contributed by atoms with van der Waals surface area (Å²) in [6.07, 6.45) is 0.531. The van der Waals surface area contributed by atoms with Gasteiger partial charge in [0, 0.05) is 16.2 Å². The molecule has 27 heavy (non-hydrogen) atoms. The Balaban J connectivity index is 1.93. The van der Waals surface area contributed by atoms with Crippen LogP contribution in [0.1, 0.15) is 30.6 Å². The maximum absolute atomic E-state index is 12.3. The van der Waals surface area contributed by atoms with Crippen molar-refractivity contribution in [3.8, 4) is 0 Å². The Labute approximate surface area is 162 Å². The summed E-state index contributed by atoms with van der Waals surface area (Å²) in [7, 11) is -3.02. The number of imide groups is 1. The molecule has 0 aromatic heterocycles. The van der Waals surface area contributed by atoms with E-state index in [1.54, 1.807) is 38.1 Å². The molecule has 0 bridgehead atoms. The minimum absolute atomic E-state index is 0.0778. The minimum Gasteiger partial charge on any atom is -0.452 e. The van der Waals surface area contributed by atoms with E-state index in [0.717, 1.165) is 0 Å². The van der Waals surface area contributed by atoms with Crippen LogP contribution in [0.25, 0.3) is 0 Å². The van der Waals surface area contributed by atoms with Gasteiger partial charge < -0.3 is 10.1 Å². The first kappa shape index (κ1) is 21.2. The number of rotatable bonds is 6. The first-order valence-corrected chi connectivity index (χ1v) is 11.1. The van der Waals surface area contributed by atoms with Gasteiger partial charge in [-0.2, -0.15) is 0 Å². The van der Waals surface area contributed by atoms with Gasteiger partial charge in [-0.3, -0.25) is 10.1 Å². The molecule has 0 unspecified atom stereocenters. The van der Waals surface area contributed by atoms with E-state index in [2.05, 4.69) is 10.6 Å². The van der Waals surface area contributed by atoms with Gasteiger partial charge in [0.15, 0.2) is 16.4 Å². The van der Waals surface area contributed by atoms with E-state index in [9.17, 15) is 22.8 Å². The van der Waals surface area contributed by atoms with Gasteiger partial charge >= 0.3 is 12.0 Å². The molecule has 1 heterocycles. The third kappa shape index (κ3) is 6.87. The summed E-state index contributed by atoms with van der Waals surface area (Å²) in [6, 6.07) is 5.86. The van der Waals surface area contributed by atoms with Gasteiger partial charge in [0.1, 0.15) is 0 Å². The summed E-state index contributed by atoms with van der Waals surface area (Å²) in [4.78, 5) is 36.0. The van der Waals surface area contributed by atoms with E-state index in [0.29, 0.717) is 11.3 Å². The molecule has 10 heteroatoms. The lowest BCUT2D eigenvalue weighted by molar-refractivity contribution is -0.123. The Kier molecular flexibility index (Phi) is 7.25. The largest absolute Gasteiger partial charge is 0.452 e. The number of sulfone groups is 1. The zero-order valence-corrected chi connectivity index (χ0v) is 16.7. The highest BCUT2D eigenvalue weighted by Crippen LogP contribution is 2.33. The fraction of sp³-hybridized carbons (Fsp3) is 0.471. The number of amides is 3. The van der Waals surface area contributed by atoms with Gasteiger partial charge in [-0.25, -0.2) is 18.0 Å². The van der Waals surface area contributed by atoms with Crippen LogP contribution in [0.5, 0.6) is 0 Å². The van der Waals surface area contributed by atoms with Crippen molar-refractivity contribution in [2.75, 3.05) is 18.1 Å². The molecule has 0 radical (unpaired) electrons. The number of urea groups is 1. The minimum atomic E-state index is -3.02. The Hall–Kier alpha value is -2.07. The second-order valence-electron chi connectivity index (χ2n) is 6.39. The second-order valence-corrected chi connectivity index (χ2v) is 9.96. The molecule has 1 aliphatic heterocycles. The van der Waals surface area contributed by atoms with Crippen LogP contribution < -0.4 is 10.6 Å². The maximum atomic E-state index is 12.3. The van der Waals surface area contributed by atoms with Crippen LogP contribution in [0.15, 0.2) is 29.2 Å². The Morgan fingerprint density at radius 2 is 1.96 bits per heavy atom. The standard InChI is InChI=1S/C17H22N2O6S2/c1-11(2)18-17(22)19-15(20)9-25-16(21)13-5-3-4-6-14(13)26-12-7-8-27(23,24)10-12/h3-6,11-12H,7-10H2,1-2H3,(H2,18,19,20,22)/t12-/m1/s1. The summed E-state index contributed by atoms with van der Waals surface area (Å²) in [5, 5.41) is 4.43. The number of thioether (sulfide) groups is 1. The molecule has 1 saturated heterocycles. The maximum Gasteiger partial charge on any atom is 0.339 e. The average molecular weight is 415 g/mol. The molecule has 148 valence electrons. The number of carbonyl (C=O) groups is 3. The number of nitrogens with one attached hydrogen (secondary N) is 2. The van der Waals surface area contributed by atoms with Crippen molar-refractivity contribution in [1.29, 1.82) is 0 Å². The van der Waals surface area contributed by atoms with E-state index < -0.39 is 34.4 Å². The molecule has 2 rings (SSSR count). The SMILES string of the molecule is CC(C)NC(=O)NC(=O)COC(=O)c1ccccc1S[C@@H]1CCS(=O)(=O)C1. The summed E-state index contributed by atoms with van der Waals surface area (Å²) in [5.74, 6) is -1.23. The Bertz CT molecular complexity index is 822. The molecule has 2 N–H and O–H groups in total. The lowest BCUT2D eigenvalue weighted by Gasteiger charge is -2.12. The molecule has 0 spiro atoms. The summed E-state index contributed by atoms with van der Waals surface area (Å²) in [5.41, 5.74) is 0.256. The molecule has 1 atom stereocenters. The lowest BCUT2D eigenvalue weighted by atomic mass is 10.2. The molecule has 1 fully saturated rings. The van der Waals surface area contributed by atoms with Gasteiger partial charge in [-0.05, 0) is 32.4 Å². The molecule has 1 aliphatic rings. The van der Waals surface area contributed by atoms with Crippen LogP contribution in [-0.2, 0) is 19.4 Å². The highest BCUT2D eigenvalue weighted by Gasteiger charge is 2.29. The van der Waals surface area contributed by atoms with Gasteiger partial charge in [0.05, 0.1) is 17.1 Å². The molecule has 1 aromatic carbocycles. The summed E-state index contributed by atoms with van der Waals surface area (Å²) in [6.45, 7) is 2.89. The van der Waals surface area contributed by atoms with Crippen molar-refractivity contribution in [2.45, 2.75) is 36.5 Å². The smallest absolute Gasteiger partial charge is 0.339 e. The fourth-order valence-electron chi connectivity index (χ4n) is 2.44. The number of ether oxygens (including phenoxy) is 1. The van der Waals surface area contributed by atoms with Crippen molar-refractivity contribution >= 4 is 39.5 Å². The van der Waals surface area contributed by atoms with Gasteiger partial charge in [0.25, 0.3) is 5.91 Å². The van der Waals surface area contributed by atoms with E-state index in [1.807, 2.05) is 0 Å². The molecule has 8 nitrogen and oxygen atoms in total. The Morgan fingerprint density at radius 1 is 1.26 bits per heavy atom. The number of hydrogen-bond donors (Lipinski definition) is 2. The second kappa shape index (κ2) is 9.23. The van der Waals surface area contributed by atoms with E-state index in [4.69, 9.17) is 4.74 Å². The van der Waals surface area contributed by atoms with Crippen molar-refractivity contribution in [3.05, 3.63) is 29.8 Å². The summed E-state index contributed by atoms with van der Waals surface area (Å²) >= 11 is 1.32. The van der Waals surface area contributed by atoms with E-state index in [-0.39, 0.29) is 28.4 Å². The van der Waals surface area contributed by atoms with Gasteiger partial charge in [0.2, 0.25) is 0 Å². The molecule has 0 aliphatic carbocycles. The van der Waals surface area contributed by atoms with E-state index >= 15 is 0 Å². The number of esters is 1. The average Bonchev–Trinajstić information content (AvgIpc) is 2.91. The third-order valence-corrected chi connectivity index (χ3v) is 6.92. The quantitative estimate of drug-likeness (QED) is 0.675. The molecule has 3 amide bonds. The zero-order chi connectivity index (χ0) is 20.0. The fourth-order valence-corrected chi connectivity index (χ4v) is 6.06. The first-order valence-electron chi connectivity index (χ1n) is 8.40. The topological polar surface area (TPSA) is 119 Å². The van der Waals surface area contributed by atoms with Crippen molar-refractivity contribution in [2.24, 2.45) is 0 Å². The first-order chi connectivity index (χ1) is 12.7. The lowest BCUT2D eigenvalue weighted by Crippen LogP contribution is -2.44. The Morgan fingerprint density at radius 3 is 2.59 bits per heavy atom. The number of hydrogen-bond acceptors (Lipinski definition) is 7. The number of carbonyl (C=O) groups excluding carboxylic acids is 3. The van der Waals surface area contributed by atoms with Gasteiger partial charge in [-0.1, -0.05) is 12.1 Å². The predicted octanol–water partition coefficient (Wildman–Crippen LogP) is 1.36.